The zero-order valence-corrected chi connectivity index (χ0v) is 12.4. The third kappa shape index (κ3) is 4.02. The molecule has 7 heteroatoms. The molecular weight excluding hydrogens is 280 g/mol. The minimum Gasteiger partial charge on any atom is -0.479 e. The summed E-state index contributed by atoms with van der Waals surface area (Å²) in [6.07, 6.45) is 5.68. The molecule has 0 bridgehead atoms. The maximum absolute atomic E-state index is 11.8. The van der Waals surface area contributed by atoms with E-state index in [9.17, 15) is 9.59 Å². The molecule has 0 aromatic heterocycles. The molecule has 2 rings (SSSR count). The zero-order valence-electron chi connectivity index (χ0n) is 11.6. The fourth-order valence-electron chi connectivity index (χ4n) is 2.84. The summed E-state index contributed by atoms with van der Waals surface area (Å²) in [7, 11) is 0. The maximum atomic E-state index is 11.8. The Labute approximate surface area is 123 Å². The van der Waals surface area contributed by atoms with Crippen molar-refractivity contribution in [3.05, 3.63) is 0 Å². The van der Waals surface area contributed by atoms with E-state index < -0.39 is 12.1 Å². The molecule has 2 fully saturated rings. The first-order valence-electron chi connectivity index (χ1n) is 7.05. The predicted molar refractivity (Wildman–Crippen MR) is 77.0 cm³/mol. The van der Waals surface area contributed by atoms with Crippen molar-refractivity contribution in [1.29, 1.82) is 0 Å². The standard InChI is InChI=1S/C13H22N2O4S/c1-20-11-4-2-3-9(11)15-13(18)14-7-8-5-6-10(19-8)12(16)17/h8-11H,2-7H2,1H3,(H,16,17)(H2,14,15,18). The average molecular weight is 302 g/mol. The van der Waals surface area contributed by atoms with Gasteiger partial charge in [-0.05, 0) is 31.9 Å². The molecule has 0 radical (unpaired) electrons. The SMILES string of the molecule is CSC1CCCC1NC(=O)NCC1CCC(C(=O)O)O1. The van der Waals surface area contributed by atoms with Gasteiger partial charge in [0.05, 0.1) is 6.10 Å². The normalized spacial score (nSPS) is 33.0. The molecule has 0 aromatic carbocycles. The lowest BCUT2D eigenvalue weighted by molar-refractivity contribution is -0.149. The van der Waals surface area contributed by atoms with Crippen LogP contribution in [-0.4, -0.2) is 53.4 Å². The van der Waals surface area contributed by atoms with Gasteiger partial charge in [0.25, 0.3) is 0 Å². The Morgan fingerprint density at radius 1 is 1.30 bits per heavy atom. The third-order valence-electron chi connectivity index (χ3n) is 3.95. The first-order chi connectivity index (χ1) is 9.60. The van der Waals surface area contributed by atoms with Gasteiger partial charge < -0.3 is 20.5 Å². The zero-order chi connectivity index (χ0) is 14.5. The van der Waals surface area contributed by atoms with Crippen LogP contribution in [0.5, 0.6) is 0 Å². The predicted octanol–water partition coefficient (Wildman–Crippen LogP) is 1.20. The summed E-state index contributed by atoms with van der Waals surface area (Å²) in [5.74, 6) is -0.925. The van der Waals surface area contributed by atoms with E-state index in [0.29, 0.717) is 24.6 Å². The minimum atomic E-state index is -0.925. The number of carboxylic acids is 1. The van der Waals surface area contributed by atoms with E-state index in [2.05, 4.69) is 16.9 Å². The van der Waals surface area contributed by atoms with Crippen LogP contribution >= 0.6 is 11.8 Å². The quantitative estimate of drug-likeness (QED) is 0.710. The average Bonchev–Trinajstić information content (AvgIpc) is 3.04. The van der Waals surface area contributed by atoms with Crippen molar-refractivity contribution in [2.45, 2.75) is 55.6 Å². The van der Waals surface area contributed by atoms with Crippen molar-refractivity contribution in [2.75, 3.05) is 12.8 Å². The van der Waals surface area contributed by atoms with Crippen LogP contribution in [0.1, 0.15) is 32.1 Å². The van der Waals surface area contributed by atoms with Crippen molar-refractivity contribution < 1.29 is 19.4 Å². The first-order valence-corrected chi connectivity index (χ1v) is 8.34. The number of carboxylic acid groups (broad SMARTS) is 1. The van der Waals surface area contributed by atoms with Crippen LogP contribution in [0.2, 0.25) is 0 Å². The lowest BCUT2D eigenvalue weighted by Gasteiger charge is -2.20. The molecule has 1 aliphatic heterocycles. The van der Waals surface area contributed by atoms with E-state index in [-0.39, 0.29) is 18.2 Å². The van der Waals surface area contributed by atoms with Crippen LogP contribution < -0.4 is 10.6 Å². The van der Waals surface area contributed by atoms with Gasteiger partial charge in [0.1, 0.15) is 0 Å². The number of amides is 2. The topological polar surface area (TPSA) is 87.7 Å². The summed E-state index contributed by atoms with van der Waals surface area (Å²) >= 11 is 1.80. The van der Waals surface area contributed by atoms with Crippen LogP contribution in [-0.2, 0) is 9.53 Å². The van der Waals surface area contributed by atoms with Crippen molar-refractivity contribution in [1.82, 2.24) is 10.6 Å². The second-order valence-corrected chi connectivity index (χ2v) is 6.41. The van der Waals surface area contributed by atoms with Crippen LogP contribution in [0.25, 0.3) is 0 Å². The van der Waals surface area contributed by atoms with E-state index in [1.54, 1.807) is 11.8 Å². The lowest BCUT2D eigenvalue weighted by atomic mass is 10.2. The molecule has 114 valence electrons. The molecule has 2 aliphatic rings. The van der Waals surface area contributed by atoms with Gasteiger partial charge in [-0.2, -0.15) is 11.8 Å². The van der Waals surface area contributed by atoms with E-state index in [1.165, 1.54) is 0 Å². The highest BCUT2D eigenvalue weighted by atomic mass is 32.2. The van der Waals surface area contributed by atoms with E-state index >= 15 is 0 Å². The number of thioether (sulfide) groups is 1. The smallest absolute Gasteiger partial charge is 0.332 e. The Kier molecular flexibility index (Phi) is 5.54. The van der Waals surface area contributed by atoms with Crippen molar-refractivity contribution in [2.24, 2.45) is 0 Å². The van der Waals surface area contributed by atoms with E-state index in [4.69, 9.17) is 9.84 Å². The maximum Gasteiger partial charge on any atom is 0.332 e. The van der Waals surface area contributed by atoms with Gasteiger partial charge in [0.2, 0.25) is 0 Å². The molecule has 6 nitrogen and oxygen atoms in total. The number of ether oxygens (including phenoxy) is 1. The third-order valence-corrected chi connectivity index (χ3v) is 5.11. The summed E-state index contributed by atoms with van der Waals surface area (Å²) in [6.45, 7) is 0.367. The summed E-state index contributed by atoms with van der Waals surface area (Å²) in [6, 6.07) is 0.0552. The molecule has 3 N–H and O–H groups in total. The second kappa shape index (κ2) is 7.17. The number of urea groups is 1. The number of nitrogens with one attached hydrogen (secondary N) is 2. The fraction of sp³-hybridized carbons (Fsp3) is 0.846. The van der Waals surface area contributed by atoms with Crippen molar-refractivity contribution in [3.8, 4) is 0 Å². The Bertz CT molecular complexity index is 366. The summed E-state index contributed by atoms with van der Waals surface area (Å²) < 4.78 is 5.34. The highest BCUT2D eigenvalue weighted by Crippen LogP contribution is 2.28. The van der Waals surface area contributed by atoms with Gasteiger partial charge in [-0.25, -0.2) is 9.59 Å². The number of carbonyl (C=O) groups is 2. The van der Waals surface area contributed by atoms with Crippen LogP contribution in [0.4, 0.5) is 4.79 Å². The molecule has 4 atom stereocenters. The first kappa shape index (κ1) is 15.4. The number of rotatable bonds is 5. The number of carbonyl (C=O) groups excluding carboxylic acids is 1. The van der Waals surface area contributed by atoms with Gasteiger partial charge >= 0.3 is 12.0 Å². The number of aliphatic carboxylic acids is 1. The molecule has 1 heterocycles. The molecule has 4 unspecified atom stereocenters. The molecular formula is C13H22N2O4S. The van der Waals surface area contributed by atoms with E-state index in [0.717, 1.165) is 19.3 Å². The summed E-state index contributed by atoms with van der Waals surface area (Å²) in [5, 5.41) is 15.1. The largest absolute Gasteiger partial charge is 0.479 e. The Balaban J connectivity index is 1.67. The lowest BCUT2D eigenvalue weighted by Crippen LogP contribution is -2.46. The second-order valence-electron chi connectivity index (χ2n) is 5.33. The minimum absolute atomic E-state index is 0.182. The van der Waals surface area contributed by atoms with Crippen molar-refractivity contribution >= 4 is 23.8 Å². The molecule has 0 aromatic rings. The summed E-state index contributed by atoms with van der Waals surface area (Å²) in [4.78, 5) is 22.6. The van der Waals surface area contributed by atoms with Crippen LogP contribution in [0.3, 0.4) is 0 Å². The molecule has 0 spiro atoms. The summed E-state index contributed by atoms with van der Waals surface area (Å²) in [5.41, 5.74) is 0. The molecule has 20 heavy (non-hydrogen) atoms. The Hall–Kier alpha value is -0.950. The molecule has 1 saturated carbocycles. The van der Waals surface area contributed by atoms with Crippen LogP contribution in [0, 0.1) is 0 Å². The van der Waals surface area contributed by atoms with Crippen molar-refractivity contribution in [3.63, 3.8) is 0 Å². The van der Waals surface area contributed by atoms with Gasteiger partial charge in [0, 0.05) is 17.8 Å². The highest BCUT2D eigenvalue weighted by molar-refractivity contribution is 7.99. The molecule has 2 amide bonds. The Morgan fingerprint density at radius 2 is 2.10 bits per heavy atom. The molecule has 1 saturated heterocycles. The number of hydrogen-bond acceptors (Lipinski definition) is 4. The van der Waals surface area contributed by atoms with E-state index in [1.807, 2.05) is 0 Å². The van der Waals surface area contributed by atoms with Gasteiger partial charge in [-0.15, -0.1) is 0 Å². The molecule has 1 aliphatic carbocycles. The van der Waals surface area contributed by atoms with Crippen LogP contribution in [0.15, 0.2) is 0 Å². The fourth-order valence-corrected chi connectivity index (χ4v) is 3.77. The highest BCUT2D eigenvalue weighted by Gasteiger charge is 2.31. The monoisotopic (exact) mass is 302 g/mol. The Morgan fingerprint density at radius 3 is 2.75 bits per heavy atom. The van der Waals surface area contributed by atoms with Gasteiger partial charge in [0.15, 0.2) is 6.10 Å². The number of hydrogen-bond donors (Lipinski definition) is 3. The van der Waals surface area contributed by atoms with Gasteiger partial charge in [-0.1, -0.05) is 6.42 Å². The van der Waals surface area contributed by atoms with Gasteiger partial charge in [-0.3, -0.25) is 0 Å².